The van der Waals surface area contributed by atoms with E-state index in [0.29, 0.717) is 18.7 Å². The minimum absolute atomic E-state index is 0.387. The molecule has 1 aromatic heterocycles. The molecule has 2 aromatic rings. The van der Waals surface area contributed by atoms with Crippen LogP contribution in [0.5, 0.6) is 0 Å². The van der Waals surface area contributed by atoms with Crippen LogP contribution < -0.4 is 10.6 Å². The lowest BCUT2D eigenvalue weighted by molar-refractivity contribution is -0.136. The van der Waals surface area contributed by atoms with Crippen molar-refractivity contribution in [3.63, 3.8) is 0 Å². The number of anilines is 1. The van der Waals surface area contributed by atoms with Crippen LogP contribution in [0.1, 0.15) is 16.7 Å². The zero-order valence-corrected chi connectivity index (χ0v) is 12.1. The molecule has 0 saturated carbocycles. The Balaban J connectivity index is 1.84. The first-order chi connectivity index (χ1) is 10.1. The molecule has 0 spiro atoms. The Morgan fingerprint density at radius 2 is 1.95 bits per heavy atom. The van der Waals surface area contributed by atoms with Crippen LogP contribution in [-0.2, 0) is 16.0 Å². The highest BCUT2D eigenvalue weighted by molar-refractivity contribution is 6.39. The fraction of sp³-hybridized carbons (Fsp3) is 0.250. The third-order valence-electron chi connectivity index (χ3n) is 3.13. The van der Waals surface area contributed by atoms with Gasteiger partial charge in [0.15, 0.2) is 0 Å². The van der Waals surface area contributed by atoms with Crippen LogP contribution in [0, 0.1) is 13.8 Å². The lowest BCUT2D eigenvalue weighted by Crippen LogP contribution is -2.36. The normalized spacial score (nSPS) is 10.2. The molecule has 0 radical (unpaired) electrons. The summed E-state index contributed by atoms with van der Waals surface area (Å²) in [6.07, 6.45) is 3.81. The molecular formula is C16H18N2O3. The van der Waals surface area contributed by atoms with E-state index >= 15 is 0 Å². The van der Waals surface area contributed by atoms with Crippen LogP contribution in [0.4, 0.5) is 5.69 Å². The maximum absolute atomic E-state index is 11.8. The summed E-state index contributed by atoms with van der Waals surface area (Å²) >= 11 is 0. The molecule has 0 saturated heterocycles. The van der Waals surface area contributed by atoms with E-state index in [1.165, 1.54) is 0 Å². The summed E-state index contributed by atoms with van der Waals surface area (Å²) in [5, 5.41) is 5.21. The third kappa shape index (κ3) is 4.21. The van der Waals surface area contributed by atoms with E-state index in [1.54, 1.807) is 12.5 Å². The van der Waals surface area contributed by atoms with E-state index in [2.05, 4.69) is 10.6 Å². The van der Waals surface area contributed by atoms with Gasteiger partial charge in [0.2, 0.25) is 0 Å². The minimum Gasteiger partial charge on any atom is -0.472 e. The molecule has 110 valence electrons. The Morgan fingerprint density at radius 1 is 1.14 bits per heavy atom. The summed E-state index contributed by atoms with van der Waals surface area (Å²) in [4.78, 5) is 23.6. The highest BCUT2D eigenvalue weighted by Gasteiger charge is 2.14. The molecule has 0 atom stereocenters. The van der Waals surface area contributed by atoms with Crippen molar-refractivity contribution in [3.8, 4) is 0 Å². The number of carbonyl (C=O) groups is 2. The predicted octanol–water partition coefficient (Wildman–Crippen LogP) is 2.19. The standard InChI is InChI=1S/C16H18N2O3/c1-11-3-4-12(2)14(9-11)18-16(20)15(19)17-7-5-13-6-8-21-10-13/h3-4,6,8-10H,5,7H2,1-2H3,(H,17,19)(H,18,20). The van der Waals surface area contributed by atoms with Crippen molar-refractivity contribution in [2.24, 2.45) is 0 Å². The van der Waals surface area contributed by atoms with Gasteiger partial charge in [-0.3, -0.25) is 9.59 Å². The quantitative estimate of drug-likeness (QED) is 0.846. The number of rotatable bonds is 4. The Bertz CT molecular complexity index is 633. The van der Waals surface area contributed by atoms with E-state index < -0.39 is 11.8 Å². The summed E-state index contributed by atoms with van der Waals surface area (Å²) in [6, 6.07) is 7.52. The van der Waals surface area contributed by atoms with Crippen molar-refractivity contribution in [1.82, 2.24) is 5.32 Å². The van der Waals surface area contributed by atoms with E-state index in [-0.39, 0.29) is 0 Å². The first-order valence-corrected chi connectivity index (χ1v) is 6.74. The third-order valence-corrected chi connectivity index (χ3v) is 3.13. The number of hydrogen-bond donors (Lipinski definition) is 2. The van der Waals surface area contributed by atoms with Crippen LogP contribution in [0.15, 0.2) is 41.2 Å². The average molecular weight is 286 g/mol. The van der Waals surface area contributed by atoms with Crippen LogP contribution in [-0.4, -0.2) is 18.4 Å². The van der Waals surface area contributed by atoms with E-state index in [4.69, 9.17) is 4.42 Å². The van der Waals surface area contributed by atoms with Crippen molar-refractivity contribution in [2.45, 2.75) is 20.3 Å². The number of amides is 2. The van der Waals surface area contributed by atoms with Crippen LogP contribution in [0.2, 0.25) is 0 Å². The van der Waals surface area contributed by atoms with Gasteiger partial charge in [-0.15, -0.1) is 0 Å². The summed E-state index contributed by atoms with van der Waals surface area (Å²) in [5.41, 5.74) is 3.58. The van der Waals surface area contributed by atoms with Gasteiger partial charge in [-0.05, 0) is 49.1 Å². The molecule has 0 aliphatic carbocycles. The number of nitrogens with one attached hydrogen (secondary N) is 2. The summed E-state index contributed by atoms with van der Waals surface area (Å²) in [6.45, 7) is 4.20. The second kappa shape index (κ2) is 6.74. The molecule has 1 heterocycles. The number of aryl methyl sites for hydroxylation is 2. The van der Waals surface area contributed by atoms with E-state index in [9.17, 15) is 9.59 Å². The van der Waals surface area contributed by atoms with Gasteiger partial charge in [-0.2, -0.15) is 0 Å². The highest BCUT2D eigenvalue weighted by Crippen LogP contribution is 2.16. The van der Waals surface area contributed by atoms with Crippen LogP contribution >= 0.6 is 0 Å². The van der Waals surface area contributed by atoms with Crippen molar-refractivity contribution in [1.29, 1.82) is 0 Å². The maximum atomic E-state index is 11.8. The Kier molecular flexibility index (Phi) is 4.77. The molecule has 5 nitrogen and oxygen atoms in total. The van der Waals surface area contributed by atoms with Crippen LogP contribution in [0.25, 0.3) is 0 Å². The zero-order valence-electron chi connectivity index (χ0n) is 12.1. The molecule has 2 amide bonds. The fourth-order valence-corrected chi connectivity index (χ4v) is 1.89. The summed E-state index contributed by atoms with van der Waals surface area (Å²) in [5.74, 6) is -1.30. The molecule has 21 heavy (non-hydrogen) atoms. The lowest BCUT2D eigenvalue weighted by Gasteiger charge is -2.09. The van der Waals surface area contributed by atoms with Gasteiger partial charge in [-0.25, -0.2) is 0 Å². The predicted molar refractivity (Wildman–Crippen MR) is 80.0 cm³/mol. The van der Waals surface area contributed by atoms with Gasteiger partial charge in [0.05, 0.1) is 12.5 Å². The van der Waals surface area contributed by atoms with Gasteiger partial charge < -0.3 is 15.1 Å². The van der Waals surface area contributed by atoms with Crippen molar-refractivity contribution >= 4 is 17.5 Å². The van der Waals surface area contributed by atoms with Gasteiger partial charge in [0, 0.05) is 12.2 Å². The second-order valence-electron chi connectivity index (χ2n) is 4.91. The van der Waals surface area contributed by atoms with E-state index in [0.717, 1.165) is 16.7 Å². The topological polar surface area (TPSA) is 71.3 Å². The number of furan rings is 1. The molecule has 1 aromatic carbocycles. The minimum atomic E-state index is -0.657. The van der Waals surface area contributed by atoms with Crippen LogP contribution in [0.3, 0.4) is 0 Å². The van der Waals surface area contributed by atoms with Gasteiger partial charge in [0.25, 0.3) is 0 Å². The Hall–Kier alpha value is -2.56. The molecule has 0 bridgehead atoms. The monoisotopic (exact) mass is 286 g/mol. The first-order valence-electron chi connectivity index (χ1n) is 6.74. The number of benzene rings is 1. The van der Waals surface area contributed by atoms with Gasteiger partial charge >= 0.3 is 11.8 Å². The molecule has 0 fully saturated rings. The number of hydrogen-bond acceptors (Lipinski definition) is 3. The zero-order chi connectivity index (χ0) is 15.2. The largest absolute Gasteiger partial charge is 0.472 e. The smallest absolute Gasteiger partial charge is 0.313 e. The molecule has 0 aliphatic rings. The average Bonchev–Trinajstić information content (AvgIpc) is 2.96. The van der Waals surface area contributed by atoms with Crippen molar-refractivity contribution in [2.75, 3.05) is 11.9 Å². The maximum Gasteiger partial charge on any atom is 0.313 e. The lowest BCUT2D eigenvalue weighted by atomic mass is 10.1. The molecule has 2 N–H and O–H groups in total. The second-order valence-corrected chi connectivity index (χ2v) is 4.91. The summed E-state index contributed by atoms with van der Waals surface area (Å²) < 4.78 is 4.93. The van der Waals surface area contributed by atoms with Crippen molar-refractivity contribution in [3.05, 3.63) is 53.5 Å². The van der Waals surface area contributed by atoms with E-state index in [1.807, 2.05) is 38.1 Å². The molecule has 5 heteroatoms. The van der Waals surface area contributed by atoms with Gasteiger partial charge in [0.1, 0.15) is 0 Å². The van der Waals surface area contributed by atoms with Crippen molar-refractivity contribution < 1.29 is 14.0 Å². The molecule has 2 rings (SSSR count). The number of carbonyl (C=O) groups excluding carboxylic acids is 2. The Labute approximate surface area is 123 Å². The molecule has 0 aliphatic heterocycles. The SMILES string of the molecule is Cc1ccc(C)c(NC(=O)C(=O)NCCc2ccoc2)c1. The fourth-order valence-electron chi connectivity index (χ4n) is 1.89. The highest BCUT2D eigenvalue weighted by atomic mass is 16.3. The molecular weight excluding hydrogens is 268 g/mol. The first kappa shape index (κ1) is 14.8. The molecule has 0 unspecified atom stereocenters. The van der Waals surface area contributed by atoms with Gasteiger partial charge in [-0.1, -0.05) is 12.1 Å². The summed E-state index contributed by atoms with van der Waals surface area (Å²) in [7, 11) is 0. The Morgan fingerprint density at radius 3 is 2.67 bits per heavy atom.